The standard InChI is InChI=1S/C8H16N4O2S/c1-3-12-6-10-5-8(12)15(13,14)11-7(2)4-9/h5-7,11H,3-4,9H2,1-2H3/t7-/m1/s1. The van der Waals surface area contributed by atoms with Gasteiger partial charge in [0.2, 0.25) is 0 Å². The molecule has 1 atom stereocenters. The van der Waals surface area contributed by atoms with Crippen LogP contribution in [0, 0.1) is 0 Å². The fraction of sp³-hybridized carbons (Fsp3) is 0.625. The van der Waals surface area contributed by atoms with Crippen molar-refractivity contribution >= 4 is 10.0 Å². The summed E-state index contributed by atoms with van der Waals surface area (Å²) in [6.45, 7) is 4.39. The highest BCUT2D eigenvalue weighted by molar-refractivity contribution is 7.89. The molecule has 1 heterocycles. The summed E-state index contributed by atoms with van der Waals surface area (Å²) in [4.78, 5) is 3.80. The van der Waals surface area contributed by atoms with Gasteiger partial charge in [0.25, 0.3) is 10.0 Å². The molecule has 86 valence electrons. The van der Waals surface area contributed by atoms with Crippen molar-refractivity contribution < 1.29 is 8.42 Å². The molecule has 0 saturated heterocycles. The number of aryl methyl sites for hydroxylation is 1. The van der Waals surface area contributed by atoms with Gasteiger partial charge in [-0.05, 0) is 13.8 Å². The molecule has 1 rings (SSSR count). The van der Waals surface area contributed by atoms with E-state index in [1.165, 1.54) is 12.5 Å². The van der Waals surface area contributed by atoms with E-state index >= 15 is 0 Å². The Morgan fingerprint density at radius 1 is 1.67 bits per heavy atom. The molecule has 0 unspecified atom stereocenters. The van der Waals surface area contributed by atoms with Gasteiger partial charge in [-0.1, -0.05) is 0 Å². The van der Waals surface area contributed by atoms with Gasteiger partial charge in [-0.25, -0.2) is 18.1 Å². The lowest BCUT2D eigenvalue weighted by Crippen LogP contribution is -2.38. The van der Waals surface area contributed by atoms with Crippen molar-refractivity contribution in [2.24, 2.45) is 5.73 Å². The highest BCUT2D eigenvalue weighted by Crippen LogP contribution is 2.08. The number of imidazole rings is 1. The number of rotatable bonds is 5. The number of aromatic nitrogens is 2. The Balaban J connectivity index is 2.96. The van der Waals surface area contributed by atoms with Gasteiger partial charge >= 0.3 is 0 Å². The molecule has 0 aliphatic heterocycles. The van der Waals surface area contributed by atoms with Crippen LogP contribution in [0.3, 0.4) is 0 Å². The Hall–Kier alpha value is -0.920. The van der Waals surface area contributed by atoms with Crippen LogP contribution in [0.5, 0.6) is 0 Å². The Morgan fingerprint density at radius 2 is 2.33 bits per heavy atom. The molecule has 0 saturated carbocycles. The third-order valence-corrected chi connectivity index (χ3v) is 3.60. The van der Waals surface area contributed by atoms with Crippen LogP contribution >= 0.6 is 0 Å². The second-order valence-corrected chi connectivity index (χ2v) is 4.94. The monoisotopic (exact) mass is 232 g/mol. The average Bonchev–Trinajstić information content (AvgIpc) is 2.65. The van der Waals surface area contributed by atoms with Crippen molar-refractivity contribution in [2.75, 3.05) is 6.54 Å². The number of nitrogens with two attached hydrogens (primary N) is 1. The zero-order valence-electron chi connectivity index (χ0n) is 8.84. The number of hydrogen-bond acceptors (Lipinski definition) is 4. The van der Waals surface area contributed by atoms with Crippen molar-refractivity contribution in [3.05, 3.63) is 12.5 Å². The summed E-state index contributed by atoms with van der Waals surface area (Å²) in [5, 5.41) is 0.172. The molecular weight excluding hydrogens is 216 g/mol. The molecule has 7 heteroatoms. The first-order valence-corrected chi connectivity index (χ1v) is 6.22. The van der Waals surface area contributed by atoms with E-state index in [9.17, 15) is 8.42 Å². The maximum Gasteiger partial charge on any atom is 0.258 e. The first kappa shape index (κ1) is 12.2. The summed E-state index contributed by atoms with van der Waals surface area (Å²) in [5.74, 6) is 0. The van der Waals surface area contributed by atoms with Crippen LogP contribution in [0.25, 0.3) is 0 Å². The molecule has 0 aliphatic rings. The van der Waals surface area contributed by atoms with Crippen molar-refractivity contribution in [3.8, 4) is 0 Å². The van der Waals surface area contributed by atoms with Crippen LogP contribution < -0.4 is 10.5 Å². The lowest BCUT2D eigenvalue weighted by atomic mass is 10.4. The minimum atomic E-state index is -3.50. The van der Waals surface area contributed by atoms with Gasteiger partial charge in [0.15, 0.2) is 5.03 Å². The van der Waals surface area contributed by atoms with E-state index in [0.29, 0.717) is 6.54 Å². The molecule has 0 aliphatic carbocycles. The summed E-state index contributed by atoms with van der Waals surface area (Å²) in [5.41, 5.74) is 5.35. The molecule has 0 aromatic carbocycles. The van der Waals surface area contributed by atoms with Crippen LogP contribution in [0.15, 0.2) is 17.6 Å². The van der Waals surface area contributed by atoms with Crippen molar-refractivity contribution in [1.29, 1.82) is 0 Å². The van der Waals surface area contributed by atoms with E-state index in [1.54, 1.807) is 11.5 Å². The van der Waals surface area contributed by atoms with E-state index < -0.39 is 10.0 Å². The van der Waals surface area contributed by atoms with Gasteiger partial charge < -0.3 is 10.3 Å². The predicted molar refractivity (Wildman–Crippen MR) is 56.7 cm³/mol. The van der Waals surface area contributed by atoms with Gasteiger partial charge in [-0.15, -0.1) is 0 Å². The number of hydrogen-bond donors (Lipinski definition) is 2. The Morgan fingerprint density at radius 3 is 2.87 bits per heavy atom. The van der Waals surface area contributed by atoms with Crippen LogP contribution in [-0.2, 0) is 16.6 Å². The third kappa shape index (κ3) is 2.77. The van der Waals surface area contributed by atoms with Gasteiger partial charge in [-0.2, -0.15) is 0 Å². The number of nitrogens with one attached hydrogen (secondary N) is 1. The Labute approximate surface area is 89.5 Å². The summed E-state index contributed by atoms with van der Waals surface area (Å²) in [7, 11) is -3.50. The first-order valence-electron chi connectivity index (χ1n) is 4.73. The summed E-state index contributed by atoms with van der Waals surface area (Å²) < 4.78 is 27.7. The van der Waals surface area contributed by atoms with Gasteiger partial charge in [0.05, 0.1) is 12.5 Å². The normalized spacial score (nSPS) is 14.1. The summed E-state index contributed by atoms with van der Waals surface area (Å²) in [6, 6.07) is -0.282. The largest absolute Gasteiger partial charge is 0.329 e. The third-order valence-electron chi connectivity index (χ3n) is 2.00. The van der Waals surface area contributed by atoms with E-state index in [-0.39, 0.29) is 17.6 Å². The van der Waals surface area contributed by atoms with Gasteiger partial charge in [0, 0.05) is 19.1 Å². The smallest absolute Gasteiger partial charge is 0.258 e. The quantitative estimate of drug-likeness (QED) is 0.718. The van der Waals surface area contributed by atoms with Crippen molar-refractivity contribution in [3.63, 3.8) is 0 Å². The van der Waals surface area contributed by atoms with E-state index in [1.807, 2.05) is 6.92 Å². The van der Waals surface area contributed by atoms with Crippen LogP contribution in [0.2, 0.25) is 0 Å². The first-order chi connectivity index (χ1) is 7.01. The lowest BCUT2D eigenvalue weighted by molar-refractivity contribution is 0.547. The molecule has 3 N–H and O–H groups in total. The molecule has 1 aromatic heterocycles. The Bertz CT molecular complexity index is 412. The maximum atomic E-state index is 11.8. The van der Waals surface area contributed by atoms with E-state index in [0.717, 1.165) is 0 Å². The molecule has 0 spiro atoms. The van der Waals surface area contributed by atoms with Crippen molar-refractivity contribution in [2.45, 2.75) is 31.5 Å². The van der Waals surface area contributed by atoms with E-state index in [4.69, 9.17) is 5.73 Å². The molecule has 0 fully saturated rings. The molecule has 0 amide bonds. The van der Waals surface area contributed by atoms with Crippen LogP contribution in [-0.4, -0.2) is 30.6 Å². The molecule has 15 heavy (non-hydrogen) atoms. The van der Waals surface area contributed by atoms with E-state index in [2.05, 4.69) is 9.71 Å². The zero-order valence-corrected chi connectivity index (χ0v) is 9.66. The average molecular weight is 232 g/mol. The van der Waals surface area contributed by atoms with Gasteiger partial charge in [-0.3, -0.25) is 0 Å². The molecule has 6 nitrogen and oxygen atoms in total. The summed E-state index contributed by atoms with van der Waals surface area (Å²) in [6.07, 6.45) is 2.82. The second kappa shape index (κ2) is 4.73. The fourth-order valence-electron chi connectivity index (χ4n) is 1.14. The topological polar surface area (TPSA) is 90.0 Å². The summed E-state index contributed by atoms with van der Waals surface area (Å²) >= 11 is 0. The number of sulfonamides is 1. The number of nitrogens with zero attached hydrogens (tertiary/aromatic N) is 2. The minimum Gasteiger partial charge on any atom is -0.329 e. The maximum absolute atomic E-state index is 11.8. The molecular formula is C8H16N4O2S. The predicted octanol–water partition coefficient (Wildman–Crippen LogP) is -0.471. The van der Waals surface area contributed by atoms with Gasteiger partial charge in [0.1, 0.15) is 0 Å². The lowest BCUT2D eigenvalue weighted by Gasteiger charge is -2.12. The highest BCUT2D eigenvalue weighted by Gasteiger charge is 2.20. The highest BCUT2D eigenvalue weighted by atomic mass is 32.2. The van der Waals surface area contributed by atoms with Crippen LogP contribution in [0.1, 0.15) is 13.8 Å². The molecule has 0 bridgehead atoms. The van der Waals surface area contributed by atoms with Crippen LogP contribution in [0.4, 0.5) is 0 Å². The fourth-order valence-corrected chi connectivity index (χ4v) is 2.57. The minimum absolute atomic E-state index is 0.172. The Kier molecular flexibility index (Phi) is 3.83. The SMILES string of the molecule is CCn1cncc1S(=O)(=O)N[C@H](C)CN. The molecule has 0 radical (unpaired) electrons. The second-order valence-electron chi connectivity index (χ2n) is 3.28. The zero-order chi connectivity index (χ0) is 11.5. The van der Waals surface area contributed by atoms with Crippen molar-refractivity contribution in [1.82, 2.24) is 14.3 Å². The molecule has 1 aromatic rings.